The summed E-state index contributed by atoms with van der Waals surface area (Å²) in [7, 11) is 0. The van der Waals surface area contributed by atoms with Crippen molar-refractivity contribution in [2.45, 2.75) is 38.3 Å². The second-order valence-electron chi connectivity index (χ2n) is 6.10. The molecule has 4 nitrogen and oxygen atoms in total. The van der Waals surface area contributed by atoms with Crippen molar-refractivity contribution in [3.8, 4) is 0 Å². The summed E-state index contributed by atoms with van der Waals surface area (Å²) in [4.78, 5) is 16.9. The van der Waals surface area contributed by atoms with Crippen molar-refractivity contribution in [1.29, 1.82) is 0 Å². The Kier molecular flexibility index (Phi) is 4.44. The van der Waals surface area contributed by atoms with Gasteiger partial charge in [0.2, 0.25) is 0 Å². The monoisotopic (exact) mass is 287 g/mol. The fraction of sp³-hybridized carbons (Fsp3) is 0.588. The number of rotatable bonds is 4. The molecule has 1 aliphatic carbocycles. The molecule has 0 bridgehead atoms. The van der Waals surface area contributed by atoms with E-state index in [-0.39, 0.29) is 12.1 Å². The van der Waals surface area contributed by atoms with Gasteiger partial charge in [0.25, 0.3) is 0 Å². The number of urea groups is 1. The minimum Gasteiger partial charge on any atom is -0.338 e. The molecule has 21 heavy (non-hydrogen) atoms. The van der Waals surface area contributed by atoms with Crippen molar-refractivity contribution in [3.05, 3.63) is 35.9 Å². The first-order valence-corrected chi connectivity index (χ1v) is 8.10. The van der Waals surface area contributed by atoms with E-state index in [2.05, 4.69) is 34.5 Å². The molecular formula is C17H25N3O. The molecule has 4 heteroatoms. The first-order chi connectivity index (χ1) is 10.3. The van der Waals surface area contributed by atoms with Crippen LogP contribution in [-0.4, -0.2) is 54.1 Å². The van der Waals surface area contributed by atoms with E-state index in [9.17, 15) is 4.79 Å². The Bertz CT molecular complexity index is 472. The molecule has 1 atom stereocenters. The number of nitrogens with one attached hydrogen (secondary N) is 1. The summed E-state index contributed by atoms with van der Waals surface area (Å²) in [6.45, 7) is 5.55. The molecule has 0 aromatic heterocycles. The average molecular weight is 287 g/mol. The Morgan fingerprint density at radius 1 is 1.24 bits per heavy atom. The predicted octanol–water partition coefficient (Wildman–Crippen LogP) is 2.11. The maximum Gasteiger partial charge on any atom is 0.317 e. The van der Waals surface area contributed by atoms with E-state index in [0.717, 1.165) is 32.1 Å². The van der Waals surface area contributed by atoms with E-state index in [0.29, 0.717) is 6.54 Å². The lowest BCUT2D eigenvalue weighted by Crippen LogP contribution is -2.58. The third-order valence-electron chi connectivity index (χ3n) is 4.48. The maximum atomic E-state index is 12.3. The Hall–Kier alpha value is -1.55. The van der Waals surface area contributed by atoms with Gasteiger partial charge >= 0.3 is 6.03 Å². The minimum atomic E-state index is 0.0916. The number of amides is 2. The van der Waals surface area contributed by atoms with Crippen molar-refractivity contribution in [2.24, 2.45) is 0 Å². The smallest absolute Gasteiger partial charge is 0.317 e. The molecule has 2 aliphatic rings. The molecule has 0 radical (unpaired) electrons. The molecule has 0 spiro atoms. The molecule has 0 unspecified atom stereocenters. The van der Waals surface area contributed by atoms with Gasteiger partial charge in [0.05, 0.1) is 6.04 Å². The summed E-state index contributed by atoms with van der Waals surface area (Å²) in [6.07, 6.45) is 3.61. The van der Waals surface area contributed by atoms with Crippen molar-refractivity contribution >= 4 is 6.03 Å². The van der Waals surface area contributed by atoms with Crippen LogP contribution >= 0.6 is 0 Å². The number of nitrogens with zero attached hydrogens (tertiary/aromatic N) is 2. The summed E-state index contributed by atoms with van der Waals surface area (Å²) >= 11 is 0. The van der Waals surface area contributed by atoms with Gasteiger partial charge in [-0.05, 0) is 31.7 Å². The normalized spacial score (nSPS) is 23.1. The van der Waals surface area contributed by atoms with Gasteiger partial charge in [-0.2, -0.15) is 0 Å². The second kappa shape index (κ2) is 6.48. The Morgan fingerprint density at radius 2 is 2.00 bits per heavy atom. The minimum absolute atomic E-state index is 0.0916. The number of carbonyl (C=O) groups is 1. The van der Waals surface area contributed by atoms with Crippen LogP contribution in [0.15, 0.2) is 30.3 Å². The number of carbonyl (C=O) groups excluding carboxylic acids is 1. The molecule has 114 valence electrons. The highest BCUT2D eigenvalue weighted by atomic mass is 16.2. The van der Waals surface area contributed by atoms with Crippen LogP contribution in [0.2, 0.25) is 0 Å². The van der Waals surface area contributed by atoms with E-state index in [4.69, 9.17) is 0 Å². The highest BCUT2D eigenvalue weighted by molar-refractivity contribution is 5.74. The molecule has 1 aliphatic heterocycles. The van der Waals surface area contributed by atoms with Crippen LogP contribution in [-0.2, 0) is 6.42 Å². The fourth-order valence-electron chi connectivity index (χ4n) is 3.23. The van der Waals surface area contributed by atoms with Crippen LogP contribution in [0.5, 0.6) is 0 Å². The molecule has 1 aromatic rings. The molecule has 2 amide bonds. The zero-order valence-electron chi connectivity index (χ0n) is 12.8. The quantitative estimate of drug-likeness (QED) is 0.920. The summed E-state index contributed by atoms with van der Waals surface area (Å²) in [5, 5.41) is 2.96. The summed E-state index contributed by atoms with van der Waals surface area (Å²) in [6, 6.07) is 11.7. The molecule has 1 saturated heterocycles. The third-order valence-corrected chi connectivity index (χ3v) is 4.48. The third kappa shape index (κ3) is 3.56. The Balaban J connectivity index is 1.70. The number of hydrogen-bond donors (Lipinski definition) is 1. The van der Waals surface area contributed by atoms with Crippen LogP contribution in [0.1, 0.15) is 25.3 Å². The lowest BCUT2D eigenvalue weighted by Gasteiger charge is -2.41. The van der Waals surface area contributed by atoms with Gasteiger partial charge in [0.1, 0.15) is 0 Å². The van der Waals surface area contributed by atoms with Gasteiger partial charge in [0.15, 0.2) is 0 Å². The first kappa shape index (κ1) is 14.4. The van der Waals surface area contributed by atoms with Gasteiger partial charge in [-0.15, -0.1) is 0 Å². The van der Waals surface area contributed by atoms with Crippen LogP contribution in [0.4, 0.5) is 4.79 Å². The van der Waals surface area contributed by atoms with E-state index in [1.54, 1.807) is 0 Å². The number of benzene rings is 1. The van der Waals surface area contributed by atoms with E-state index >= 15 is 0 Å². The predicted molar refractivity (Wildman–Crippen MR) is 84.3 cm³/mol. The fourth-order valence-corrected chi connectivity index (χ4v) is 3.23. The number of hydrogen-bond acceptors (Lipinski definition) is 2. The van der Waals surface area contributed by atoms with Crippen molar-refractivity contribution in [3.63, 3.8) is 0 Å². The molecule has 1 aromatic carbocycles. The average Bonchev–Trinajstić information content (AvgIpc) is 3.33. The van der Waals surface area contributed by atoms with E-state index in [1.165, 1.54) is 18.4 Å². The Morgan fingerprint density at radius 3 is 2.67 bits per heavy atom. The molecule has 1 saturated carbocycles. The Labute approximate surface area is 127 Å². The number of piperazine rings is 1. The highest BCUT2D eigenvalue weighted by Crippen LogP contribution is 2.29. The van der Waals surface area contributed by atoms with Gasteiger partial charge < -0.3 is 10.2 Å². The molecular weight excluding hydrogens is 262 g/mol. The van der Waals surface area contributed by atoms with Crippen molar-refractivity contribution in [2.75, 3.05) is 26.2 Å². The van der Waals surface area contributed by atoms with Crippen molar-refractivity contribution in [1.82, 2.24) is 15.1 Å². The lowest BCUT2D eigenvalue weighted by molar-refractivity contribution is 0.0895. The van der Waals surface area contributed by atoms with Crippen molar-refractivity contribution < 1.29 is 4.79 Å². The standard InChI is InChI=1S/C17H25N3O/c1-2-18-17(21)20-11-10-19(15-8-9-15)13-16(20)12-14-6-4-3-5-7-14/h3-7,15-16H,2,8-13H2,1H3,(H,18,21)/t16-/m0/s1. The van der Waals surface area contributed by atoms with Crippen LogP contribution in [0.25, 0.3) is 0 Å². The van der Waals surface area contributed by atoms with Gasteiger partial charge in [0, 0.05) is 32.2 Å². The van der Waals surface area contributed by atoms with Crippen LogP contribution in [0, 0.1) is 0 Å². The molecule has 1 N–H and O–H groups in total. The second-order valence-corrected chi connectivity index (χ2v) is 6.10. The molecule has 1 heterocycles. The SMILES string of the molecule is CCNC(=O)N1CCN(C2CC2)C[C@@H]1Cc1ccccc1. The van der Waals surface area contributed by atoms with Crippen LogP contribution in [0.3, 0.4) is 0 Å². The van der Waals surface area contributed by atoms with E-state index < -0.39 is 0 Å². The first-order valence-electron chi connectivity index (χ1n) is 8.10. The summed E-state index contributed by atoms with van der Waals surface area (Å²) < 4.78 is 0. The van der Waals surface area contributed by atoms with Gasteiger partial charge in [-0.3, -0.25) is 4.90 Å². The summed E-state index contributed by atoms with van der Waals surface area (Å²) in [5.74, 6) is 0. The maximum absolute atomic E-state index is 12.3. The van der Waals surface area contributed by atoms with Crippen LogP contribution < -0.4 is 5.32 Å². The lowest BCUT2D eigenvalue weighted by atomic mass is 10.0. The zero-order valence-corrected chi connectivity index (χ0v) is 12.8. The summed E-state index contributed by atoms with van der Waals surface area (Å²) in [5.41, 5.74) is 1.31. The van der Waals surface area contributed by atoms with Gasteiger partial charge in [-0.1, -0.05) is 30.3 Å². The highest BCUT2D eigenvalue weighted by Gasteiger charge is 2.37. The zero-order chi connectivity index (χ0) is 14.7. The topological polar surface area (TPSA) is 35.6 Å². The molecule has 3 rings (SSSR count). The van der Waals surface area contributed by atoms with E-state index in [1.807, 2.05) is 17.9 Å². The largest absolute Gasteiger partial charge is 0.338 e. The van der Waals surface area contributed by atoms with Gasteiger partial charge in [-0.25, -0.2) is 4.79 Å². The molecule has 2 fully saturated rings.